The average molecular weight is 237 g/mol. The van der Waals surface area contributed by atoms with E-state index in [1.165, 1.54) is 5.56 Å². The van der Waals surface area contributed by atoms with E-state index in [1.807, 2.05) is 12.4 Å². The van der Waals surface area contributed by atoms with Crippen LogP contribution in [0.4, 0.5) is 0 Å². The Balaban J connectivity index is 1.69. The third-order valence-electron chi connectivity index (χ3n) is 2.91. The van der Waals surface area contributed by atoms with Gasteiger partial charge in [-0.25, -0.2) is 9.97 Å². The van der Waals surface area contributed by atoms with Crippen molar-refractivity contribution in [1.82, 2.24) is 14.9 Å². The zero-order chi connectivity index (χ0) is 11.9. The molecule has 2 rings (SSSR count). The SMILES string of the molecule is COc1ncc(CCCN2CCOCC2)cn1. The standard InChI is InChI=1S/C12H19N3O2/c1-16-12-13-9-11(10-14-12)3-2-4-15-5-7-17-8-6-15/h9-10H,2-8H2,1H3. The minimum Gasteiger partial charge on any atom is -0.467 e. The molecule has 2 heterocycles. The number of hydrogen-bond donors (Lipinski definition) is 0. The molecule has 0 bridgehead atoms. The van der Waals surface area contributed by atoms with E-state index in [0.29, 0.717) is 6.01 Å². The van der Waals surface area contributed by atoms with Crippen molar-refractivity contribution >= 4 is 0 Å². The van der Waals surface area contributed by atoms with Gasteiger partial charge in [0.15, 0.2) is 0 Å². The number of aromatic nitrogens is 2. The minimum atomic E-state index is 0.432. The van der Waals surface area contributed by atoms with Gasteiger partial charge in [-0.1, -0.05) is 0 Å². The van der Waals surface area contributed by atoms with Gasteiger partial charge >= 0.3 is 6.01 Å². The number of methoxy groups -OCH3 is 1. The van der Waals surface area contributed by atoms with Crippen molar-refractivity contribution in [2.45, 2.75) is 12.8 Å². The molecule has 1 aliphatic heterocycles. The van der Waals surface area contributed by atoms with E-state index in [2.05, 4.69) is 14.9 Å². The fraction of sp³-hybridized carbons (Fsp3) is 0.667. The first kappa shape index (κ1) is 12.3. The van der Waals surface area contributed by atoms with E-state index in [9.17, 15) is 0 Å². The second-order valence-corrected chi connectivity index (χ2v) is 4.14. The summed E-state index contributed by atoms with van der Waals surface area (Å²) in [6.45, 7) is 4.96. The largest absolute Gasteiger partial charge is 0.467 e. The molecule has 0 unspecified atom stereocenters. The molecule has 0 aliphatic carbocycles. The fourth-order valence-electron chi connectivity index (χ4n) is 1.91. The first-order valence-electron chi connectivity index (χ1n) is 6.03. The molecular weight excluding hydrogens is 218 g/mol. The van der Waals surface area contributed by atoms with Gasteiger partial charge in [0.25, 0.3) is 0 Å². The van der Waals surface area contributed by atoms with E-state index in [4.69, 9.17) is 9.47 Å². The van der Waals surface area contributed by atoms with Crippen molar-refractivity contribution < 1.29 is 9.47 Å². The molecule has 0 N–H and O–H groups in total. The molecule has 1 fully saturated rings. The topological polar surface area (TPSA) is 47.5 Å². The number of hydrogen-bond acceptors (Lipinski definition) is 5. The Morgan fingerprint density at radius 1 is 1.29 bits per heavy atom. The lowest BCUT2D eigenvalue weighted by Crippen LogP contribution is -2.36. The predicted octanol–water partition coefficient (Wildman–Crippen LogP) is 0.750. The third-order valence-corrected chi connectivity index (χ3v) is 2.91. The van der Waals surface area contributed by atoms with Crippen LogP contribution in [0.3, 0.4) is 0 Å². The summed E-state index contributed by atoms with van der Waals surface area (Å²) in [4.78, 5) is 10.6. The van der Waals surface area contributed by atoms with Crippen molar-refractivity contribution in [3.8, 4) is 6.01 Å². The lowest BCUT2D eigenvalue weighted by molar-refractivity contribution is 0.0374. The Morgan fingerprint density at radius 3 is 2.65 bits per heavy atom. The lowest BCUT2D eigenvalue weighted by atomic mass is 10.2. The normalized spacial score (nSPS) is 17.0. The van der Waals surface area contributed by atoms with E-state index >= 15 is 0 Å². The van der Waals surface area contributed by atoms with Gasteiger partial charge in [0.1, 0.15) is 0 Å². The molecule has 0 radical (unpaired) electrons. The Bertz CT molecular complexity index is 323. The Kier molecular flexibility index (Phi) is 4.70. The second kappa shape index (κ2) is 6.51. The van der Waals surface area contributed by atoms with Crippen LogP contribution in [0, 0.1) is 0 Å². The second-order valence-electron chi connectivity index (χ2n) is 4.14. The summed E-state index contributed by atoms with van der Waals surface area (Å²) in [6.07, 6.45) is 5.83. The van der Waals surface area contributed by atoms with Gasteiger partial charge in [0, 0.05) is 25.5 Å². The fourth-order valence-corrected chi connectivity index (χ4v) is 1.91. The van der Waals surface area contributed by atoms with Crippen LogP contribution in [0.2, 0.25) is 0 Å². The highest BCUT2D eigenvalue weighted by Crippen LogP contribution is 2.06. The maximum Gasteiger partial charge on any atom is 0.316 e. The van der Waals surface area contributed by atoms with E-state index in [-0.39, 0.29) is 0 Å². The van der Waals surface area contributed by atoms with E-state index in [0.717, 1.165) is 45.7 Å². The zero-order valence-electron chi connectivity index (χ0n) is 10.3. The maximum absolute atomic E-state index is 5.31. The van der Waals surface area contributed by atoms with Crippen molar-refractivity contribution in [1.29, 1.82) is 0 Å². The van der Waals surface area contributed by atoms with E-state index in [1.54, 1.807) is 7.11 Å². The van der Waals surface area contributed by atoms with Crippen LogP contribution in [0.15, 0.2) is 12.4 Å². The number of morpholine rings is 1. The molecule has 0 spiro atoms. The van der Waals surface area contributed by atoms with Crippen LogP contribution >= 0.6 is 0 Å². The summed E-state index contributed by atoms with van der Waals surface area (Å²) in [5, 5.41) is 0. The summed E-state index contributed by atoms with van der Waals surface area (Å²) in [6, 6.07) is 0.432. The van der Waals surface area contributed by atoms with Gasteiger partial charge in [0.2, 0.25) is 0 Å². The number of rotatable bonds is 5. The first-order valence-corrected chi connectivity index (χ1v) is 6.03. The predicted molar refractivity (Wildman–Crippen MR) is 64.2 cm³/mol. The summed E-state index contributed by atoms with van der Waals surface area (Å²) in [5.41, 5.74) is 1.17. The molecule has 0 atom stereocenters. The molecule has 1 aromatic heterocycles. The molecule has 94 valence electrons. The lowest BCUT2D eigenvalue weighted by Gasteiger charge is -2.26. The molecule has 1 aromatic rings. The van der Waals surface area contributed by atoms with Crippen molar-refractivity contribution in [2.24, 2.45) is 0 Å². The minimum absolute atomic E-state index is 0.432. The Labute approximate surface area is 102 Å². The van der Waals surface area contributed by atoms with Gasteiger partial charge in [0.05, 0.1) is 20.3 Å². The van der Waals surface area contributed by atoms with E-state index < -0.39 is 0 Å². The van der Waals surface area contributed by atoms with Gasteiger partial charge < -0.3 is 9.47 Å². The molecule has 1 saturated heterocycles. The van der Waals surface area contributed by atoms with Crippen LogP contribution in [0.5, 0.6) is 6.01 Å². The molecule has 5 heteroatoms. The zero-order valence-corrected chi connectivity index (χ0v) is 10.3. The van der Waals surface area contributed by atoms with Gasteiger partial charge in [-0.3, -0.25) is 4.90 Å². The summed E-state index contributed by atoms with van der Waals surface area (Å²) < 4.78 is 10.2. The van der Waals surface area contributed by atoms with Gasteiger partial charge in [-0.2, -0.15) is 0 Å². The maximum atomic E-state index is 5.31. The summed E-state index contributed by atoms with van der Waals surface area (Å²) in [5.74, 6) is 0. The number of aryl methyl sites for hydroxylation is 1. The highest BCUT2D eigenvalue weighted by molar-refractivity contribution is 5.07. The van der Waals surface area contributed by atoms with Crippen molar-refractivity contribution in [3.63, 3.8) is 0 Å². The molecule has 0 saturated carbocycles. The third kappa shape index (κ3) is 3.94. The Hall–Kier alpha value is -1.20. The molecular formula is C12H19N3O2. The summed E-state index contributed by atoms with van der Waals surface area (Å²) >= 11 is 0. The average Bonchev–Trinajstić information content (AvgIpc) is 2.41. The van der Waals surface area contributed by atoms with Crippen LogP contribution < -0.4 is 4.74 Å². The molecule has 1 aliphatic rings. The van der Waals surface area contributed by atoms with Crippen LogP contribution in [-0.2, 0) is 11.2 Å². The highest BCUT2D eigenvalue weighted by atomic mass is 16.5. The number of nitrogens with zero attached hydrogens (tertiary/aromatic N) is 3. The summed E-state index contributed by atoms with van der Waals surface area (Å²) in [7, 11) is 1.58. The quantitative estimate of drug-likeness (QED) is 0.756. The first-order chi connectivity index (χ1) is 8.38. The molecule has 0 aromatic carbocycles. The van der Waals surface area contributed by atoms with Crippen molar-refractivity contribution in [3.05, 3.63) is 18.0 Å². The van der Waals surface area contributed by atoms with Crippen molar-refractivity contribution in [2.75, 3.05) is 40.0 Å². The van der Waals surface area contributed by atoms with Crippen LogP contribution in [0.25, 0.3) is 0 Å². The smallest absolute Gasteiger partial charge is 0.316 e. The monoisotopic (exact) mass is 237 g/mol. The number of ether oxygens (including phenoxy) is 2. The van der Waals surface area contributed by atoms with Gasteiger partial charge in [-0.15, -0.1) is 0 Å². The molecule has 0 amide bonds. The van der Waals surface area contributed by atoms with Gasteiger partial charge in [-0.05, 0) is 24.9 Å². The molecule has 5 nitrogen and oxygen atoms in total. The van der Waals surface area contributed by atoms with Crippen LogP contribution in [-0.4, -0.2) is 54.8 Å². The Morgan fingerprint density at radius 2 is 2.00 bits per heavy atom. The molecule has 17 heavy (non-hydrogen) atoms. The van der Waals surface area contributed by atoms with Crippen LogP contribution in [0.1, 0.15) is 12.0 Å². The highest BCUT2D eigenvalue weighted by Gasteiger charge is 2.09.